The summed E-state index contributed by atoms with van der Waals surface area (Å²) in [6.45, 7) is 5.25. The molecular formula is C20H16O3. The molecule has 0 aliphatic heterocycles. The van der Waals surface area contributed by atoms with Gasteiger partial charge in [0.15, 0.2) is 11.5 Å². The first-order valence-corrected chi connectivity index (χ1v) is 7.27. The summed E-state index contributed by atoms with van der Waals surface area (Å²) in [6.07, 6.45) is 0. The molecule has 0 aliphatic carbocycles. The molecule has 114 valence electrons. The van der Waals surface area contributed by atoms with E-state index in [0.29, 0.717) is 22.8 Å². The minimum atomic E-state index is -0.473. The Bertz CT molecular complexity index is 866. The predicted molar refractivity (Wildman–Crippen MR) is 90.9 cm³/mol. The van der Waals surface area contributed by atoms with Crippen molar-refractivity contribution in [3.63, 3.8) is 0 Å². The molecule has 3 aromatic rings. The molecule has 0 fully saturated rings. The lowest BCUT2D eigenvalue weighted by Gasteiger charge is -2.14. The smallest absolute Gasteiger partial charge is 0.338 e. The molecule has 0 atom stereocenters. The number of benzene rings is 3. The monoisotopic (exact) mass is 304 g/mol. The van der Waals surface area contributed by atoms with E-state index in [1.54, 1.807) is 13.0 Å². The first-order chi connectivity index (χ1) is 11.1. The van der Waals surface area contributed by atoms with Crippen molar-refractivity contribution in [2.45, 2.75) is 6.92 Å². The molecule has 0 unspecified atom stereocenters. The molecule has 0 bridgehead atoms. The van der Waals surface area contributed by atoms with E-state index in [0.717, 1.165) is 10.8 Å². The van der Waals surface area contributed by atoms with Gasteiger partial charge in [0, 0.05) is 11.0 Å². The largest absolute Gasteiger partial charge is 0.453 e. The third kappa shape index (κ3) is 3.24. The van der Waals surface area contributed by atoms with Crippen LogP contribution in [0, 0.1) is 0 Å². The normalized spacial score (nSPS) is 10.3. The molecular weight excluding hydrogens is 288 g/mol. The Morgan fingerprint density at radius 2 is 1.61 bits per heavy atom. The highest BCUT2D eigenvalue weighted by Crippen LogP contribution is 2.38. The van der Waals surface area contributed by atoms with Crippen molar-refractivity contribution < 1.29 is 14.3 Å². The fourth-order valence-electron chi connectivity index (χ4n) is 2.20. The number of esters is 1. The summed E-state index contributed by atoms with van der Waals surface area (Å²) >= 11 is 0. The van der Waals surface area contributed by atoms with Crippen molar-refractivity contribution in [1.82, 2.24) is 0 Å². The van der Waals surface area contributed by atoms with Crippen LogP contribution in [0.15, 0.2) is 78.9 Å². The zero-order valence-electron chi connectivity index (χ0n) is 12.8. The van der Waals surface area contributed by atoms with E-state index >= 15 is 0 Å². The highest BCUT2D eigenvalue weighted by molar-refractivity contribution is 5.96. The van der Waals surface area contributed by atoms with E-state index < -0.39 is 5.97 Å². The molecule has 3 heteroatoms. The van der Waals surface area contributed by atoms with Gasteiger partial charge in [0.2, 0.25) is 0 Å². The van der Waals surface area contributed by atoms with Gasteiger partial charge in [0.25, 0.3) is 0 Å². The lowest BCUT2D eigenvalue weighted by atomic mass is 10.1. The molecule has 0 heterocycles. The van der Waals surface area contributed by atoms with Gasteiger partial charge in [-0.15, -0.1) is 0 Å². The van der Waals surface area contributed by atoms with Gasteiger partial charge < -0.3 is 9.47 Å². The summed E-state index contributed by atoms with van der Waals surface area (Å²) < 4.78 is 11.4. The molecule has 0 N–H and O–H groups in total. The van der Waals surface area contributed by atoms with E-state index in [2.05, 4.69) is 6.58 Å². The number of hydrogen-bond acceptors (Lipinski definition) is 3. The second kappa shape index (κ2) is 6.36. The zero-order valence-corrected chi connectivity index (χ0v) is 12.8. The molecule has 0 radical (unpaired) electrons. The standard InChI is InChI=1S/C20H16O3/c1-14(2)20(21)23-19-17-11-7-6-8-15(17)12-13-18(19)22-16-9-4-3-5-10-16/h3-13H,1H2,2H3. The van der Waals surface area contributed by atoms with E-state index in [4.69, 9.17) is 9.47 Å². The molecule has 0 saturated carbocycles. The second-order valence-corrected chi connectivity index (χ2v) is 5.20. The molecule has 0 aromatic heterocycles. The average Bonchev–Trinajstić information content (AvgIpc) is 2.57. The Labute approximate surface area is 134 Å². The first kappa shape index (κ1) is 14.9. The molecule has 0 aliphatic rings. The third-order valence-electron chi connectivity index (χ3n) is 3.36. The Morgan fingerprint density at radius 3 is 2.35 bits per heavy atom. The Hall–Kier alpha value is -3.07. The maximum atomic E-state index is 12.0. The van der Waals surface area contributed by atoms with Gasteiger partial charge >= 0.3 is 5.97 Å². The summed E-state index contributed by atoms with van der Waals surface area (Å²) in [5.41, 5.74) is 0.337. The molecule has 0 amide bonds. The van der Waals surface area contributed by atoms with Gasteiger partial charge in [-0.05, 0) is 30.5 Å². The van der Waals surface area contributed by atoms with Crippen LogP contribution in [0.1, 0.15) is 6.92 Å². The van der Waals surface area contributed by atoms with Crippen LogP contribution in [0.3, 0.4) is 0 Å². The van der Waals surface area contributed by atoms with Gasteiger partial charge in [-0.2, -0.15) is 0 Å². The summed E-state index contributed by atoms with van der Waals surface area (Å²) in [5.74, 6) is 1.10. The topological polar surface area (TPSA) is 35.5 Å². The van der Waals surface area contributed by atoms with Crippen LogP contribution >= 0.6 is 0 Å². The number of hydrogen-bond donors (Lipinski definition) is 0. The fourth-order valence-corrected chi connectivity index (χ4v) is 2.20. The van der Waals surface area contributed by atoms with Crippen molar-refractivity contribution in [2.75, 3.05) is 0 Å². The fraction of sp³-hybridized carbons (Fsp3) is 0.0500. The van der Waals surface area contributed by atoms with Crippen molar-refractivity contribution >= 4 is 16.7 Å². The van der Waals surface area contributed by atoms with Crippen LogP contribution < -0.4 is 9.47 Å². The number of ether oxygens (including phenoxy) is 2. The molecule has 3 rings (SSSR count). The van der Waals surface area contributed by atoms with Gasteiger partial charge in [-0.25, -0.2) is 4.79 Å². The minimum Gasteiger partial charge on any atom is -0.453 e. The van der Waals surface area contributed by atoms with E-state index in [9.17, 15) is 4.79 Å². The van der Waals surface area contributed by atoms with Crippen LogP contribution in [-0.2, 0) is 4.79 Å². The minimum absolute atomic E-state index is 0.337. The van der Waals surface area contributed by atoms with Crippen LogP contribution in [0.2, 0.25) is 0 Å². The Morgan fingerprint density at radius 1 is 0.913 bits per heavy atom. The van der Waals surface area contributed by atoms with E-state index in [1.807, 2.05) is 60.7 Å². The van der Waals surface area contributed by atoms with E-state index in [1.165, 1.54) is 0 Å². The van der Waals surface area contributed by atoms with Gasteiger partial charge in [0.1, 0.15) is 5.75 Å². The van der Waals surface area contributed by atoms with E-state index in [-0.39, 0.29) is 0 Å². The van der Waals surface area contributed by atoms with Crippen LogP contribution in [0.5, 0.6) is 17.2 Å². The number of carbonyl (C=O) groups is 1. The number of fused-ring (bicyclic) bond motifs is 1. The second-order valence-electron chi connectivity index (χ2n) is 5.20. The Balaban J connectivity index is 2.09. The molecule has 0 spiro atoms. The first-order valence-electron chi connectivity index (χ1n) is 7.27. The SMILES string of the molecule is C=C(C)C(=O)Oc1c(Oc2ccccc2)ccc2ccccc12. The number of carbonyl (C=O) groups excluding carboxylic acids is 1. The molecule has 0 saturated heterocycles. The Kier molecular flexibility index (Phi) is 4.11. The van der Waals surface area contributed by atoms with Gasteiger partial charge in [0.05, 0.1) is 0 Å². The summed E-state index contributed by atoms with van der Waals surface area (Å²) in [4.78, 5) is 12.0. The summed E-state index contributed by atoms with van der Waals surface area (Å²) in [7, 11) is 0. The van der Waals surface area contributed by atoms with Crippen molar-refractivity contribution in [3.8, 4) is 17.2 Å². The third-order valence-corrected chi connectivity index (χ3v) is 3.36. The highest BCUT2D eigenvalue weighted by atomic mass is 16.6. The number of rotatable bonds is 4. The van der Waals surface area contributed by atoms with Gasteiger partial charge in [-0.3, -0.25) is 0 Å². The van der Waals surface area contributed by atoms with Crippen molar-refractivity contribution in [1.29, 1.82) is 0 Å². The molecule has 3 aromatic carbocycles. The highest BCUT2D eigenvalue weighted by Gasteiger charge is 2.15. The van der Waals surface area contributed by atoms with Crippen molar-refractivity contribution in [2.24, 2.45) is 0 Å². The lowest BCUT2D eigenvalue weighted by molar-refractivity contribution is -0.130. The maximum absolute atomic E-state index is 12.0. The lowest BCUT2D eigenvalue weighted by Crippen LogP contribution is -2.09. The average molecular weight is 304 g/mol. The summed E-state index contributed by atoms with van der Waals surface area (Å²) in [5, 5.41) is 1.79. The quantitative estimate of drug-likeness (QED) is 0.381. The number of para-hydroxylation sites is 1. The molecule has 3 nitrogen and oxygen atoms in total. The predicted octanol–water partition coefficient (Wildman–Crippen LogP) is 5.11. The van der Waals surface area contributed by atoms with Crippen LogP contribution in [0.25, 0.3) is 10.8 Å². The zero-order chi connectivity index (χ0) is 16.2. The summed E-state index contributed by atoms with van der Waals surface area (Å²) in [6, 6.07) is 20.8. The van der Waals surface area contributed by atoms with Gasteiger partial charge in [-0.1, -0.05) is 55.1 Å². The van der Waals surface area contributed by atoms with Crippen molar-refractivity contribution in [3.05, 3.63) is 78.9 Å². The van der Waals surface area contributed by atoms with Crippen LogP contribution in [0.4, 0.5) is 0 Å². The van der Waals surface area contributed by atoms with Crippen LogP contribution in [-0.4, -0.2) is 5.97 Å². The molecule has 23 heavy (non-hydrogen) atoms. The maximum Gasteiger partial charge on any atom is 0.338 e.